The Labute approximate surface area is 175 Å². The van der Waals surface area contributed by atoms with Gasteiger partial charge >= 0.3 is 0 Å². The molecule has 2 aliphatic rings. The first-order chi connectivity index (χ1) is 13.7. The highest BCUT2D eigenvalue weighted by Crippen LogP contribution is 2.20. The van der Waals surface area contributed by atoms with Crippen molar-refractivity contribution in [2.24, 2.45) is 4.99 Å². The standard InChI is InChI=1S/C21H35ClN6/c1-23-21(24-8-3-4-9-26-12-10-25(2)11-13-26)28-16-14-27(15-17-28)20-7-5-6-19(22)18-20/h5-7,18H,3-4,8-17H2,1-2H3,(H,23,24). The van der Waals surface area contributed by atoms with Crippen molar-refractivity contribution in [1.29, 1.82) is 0 Å². The summed E-state index contributed by atoms with van der Waals surface area (Å²) in [6, 6.07) is 8.13. The summed E-state index contributed by atoms with van der Waals surface area (Å²) in [7, 11) is 4.09. The fourth-order valence-corrected chi connectivity index (χ4v) is 4.10. The number of unbranched alkanes of at least 4 members (excludes halogenated alkanes) is 1. The second-order valence-corrected chi connectivity index (χ2v) is 8.22. The fourth-order valence-electron chi connectivity index (χ4n) is 3.91. The maximum Gasteiger partial charge on any atom is 0.193 e. The zero-order valence-corrected chi connectivity index (χ0v) is 18.2. The van der Waals surface area contributed by atoms with Crippen LogP contribution in [0.5, 0.6) is 0 Å². The molecule has 0 amide bonds. The lowest BCUT2D eigenvalue weighted by atomic mass is 10.2. The largest absolute Gasteiger partial charge is 0.368 e. The first-order valence-corrected chi connectivity index (χ1v) is 10.9. The minimum absolute atomic E-state index is 0.800. The highest BCUT2D eigenvalue weighted by Gasteiger charge is 2.20. The van der Waals surface area contributed by atoms with Crippen LogP contribution in [0.1, 0.15) is 12.8 Å². The first-order valence-electron chi connectivity index (χ1n) is 10.5. The lowest BCUT2D eigenvalue weighted by Crippen LogP contribution is -2.52. The van der Waals surface area contributed by atoms with Gasteiger partial charge in [0.15, 0.2) is 5.96 Å². The molecule has 0 saturated carbocycles. The minimum atomic E-state index is 0.800. The van der Waals surface area contributed by atoms with E-state index in [1.165, 1.54) is 51.3 Å². The van der Waals surface area contributed by atoms with Crippen molar-refractivity contribution in [2.75, 3.05) is 84.4 Å². The molecule has 0 spiro atoms. The third kappa shape index (κ3) is 6.26. The van der Waals surface area contributed by atoms with Gasteiger partial charge in [0.25, 0.3) is 0 Å². The summed E-state index contributed by atoms with van der Waals surface area (Å²) in [5.41, 5.74) is 1.21. The first kappa shape index (κ1) is 21.2. The van der Waals surface area contributed by atoms with Gasteiger partial charge in [0.2, 0.25) is 0 Å². The lowest BCUT2D eigenvalue weighted by Gasteiger charge is -2.37. The quantitative estimate of drug-likeness (QED) is 0.444. The topological polar surface area (TPSA) is 37.4 Å². The lowest BCUT2D eigenvalue weighted by molar-refractivity contribution is 0.152. The zero-order valence-electron chi connectivity index (χ0n) is 17.4. The number of aliphatic imine (C=N–C) groups is 1. The molecule has 0 bridgehead atoms. The van der Waals surface area contributed by atoms with Gasteiger partial charge in [-0.05, 0) is 44.6 Å². The van der Waals surface area contributed by atoms with E-state index in [4.69, 9.17) is 11.6 Å². The SMILES string of the molecule is CN=C(NCCCCN1CCN(C)CC1)N1CCN(c2cccc(Cl)c2)CC1. The van der Waals surface area contributed by atoms with Crippen LogP contribution in [0.4, 0.5) is 5.69 Å². The molecule has 1 N–H and O–H groups in total. The summed E-state index contributed by atoms with van der Waals surface area (Å²) in [5.74, 6) is 1.03. The molecule has 2 aliphatic heterocycles. The number of hydrogen-bond acceptors (Lipinski definition) is 4. The van der Waals surface area contributed by atoms with Crippen LogP contribution >= 0.6 is 11.6 Å². The predicted octanol–water partition coefficient (Wildman–Crippen LogP) is 2.07. The molecule has 1 aromatic carbocycles. The Morgan fingerprint density at radius 2 is 1.79 bits per heavy atom. The van der Waals surface area contributed by atoms with Crippen LogP contribution in [-0.4, -0.2) is 100 Å². The number of nitrogens with one attached hydrogen (secondary N) is 1. The predicted molar refractivity (Wildman–Crippen MR) is 120 cm³/mol. The van der Waals surface area contributed by atoms with Crippen LogP contribution in [0.3, 0.4) is 0 Å². The highest BCUT2D eigenvalue weighted by atomic mass is 35.5. The number of likely N-dealkylation sites (N-methyl/N-ethyl adjacent to an activating group) is 1. The highest BCUT2D eigenvalue weighted by molar-refractivity contribution is 6.30. The number of rotatable bonds is 6. The van der Waals surface area contributed by atoms with Crippen molar-refractivity contribution in [3.05, 3.63) is 29.3 Å². The molecule has 7 heteroatoms. The van der Waals surface area contributed by atoms with Crippen molar-refractivity contribution in [1.82, 2.24) is 20.0 Å². The molecule has 0 radical (unpaired) electrons. The van der Waals surface area contributed by atoms with Gasteiger partial charge in [-0.2, -0.15) is 0 Å². The van der Waals surface area contributed by atoms with Gasteiger partial charge in [-0.3, -0.25) is 4.99 Å². The Kier molecular flexibility index (Phi) is 8.25. The van der Waals surface area contributed by atoms with Gasteiger partial charge in [-0.1, -0.05) is 17.7 Å². The van der Waals surface area contributed by atoms with Crippen LogP contribution in [0.25, 0.3) is 0 Å². The summed E-state index contributed by atoms with van der Waals surface area (Å²) < 4.78 is 0. The Hall–Kier alpha value is -1.50. The van der Waals surface area contributed by atoms with Crippen LogP contribution in [0, 0.1) is 0 Å². The van der Waals surface area contributed by atoms with Crippen LogP contribution in [0.2, 0.25) is 5.02 Å². The summed E-state index contributed by atoms with van der Waals surface area (Å²) in [5, 5.41) is 4.36. The summed E-state index contributed by atoms with van der Waals surface area (Å²) in [4.78, 5) is 14.3. The van der Waals surface area contributed by atoms with Gasteiger partial charge in [-0.25, -0.2) is 0 Å². The van der Waals surface area contributed by atoms with Gasteiger partial charge in [0.05, 0.1) is 0 Å². The van der Waals surface area contributed by atoms with E-state index in [0.717, 1.165) is 43.7 Å². The molecule has 6 nitrogen and oxygen atoms in total. The smallest absolute Gasteiger partial charge is 0.193 e. The number of piperazine rings is 2. The molecule has 28 heavy (non-hydrogen) atoms. The van der Waals surface area contributed by atoms with Crippen molar-refractivity contribution < 1.29 is 0 Å². The Balaban J connectivity index is 1.33. The van der Waals surface area contributed by atoms with Crippen molar-refractivity contribution in [3.8, 4) is 0 Å². The normalized spacial score (nSPS) is 19.9. The van der Waals surface area contributed by atoms with E-state index < -0.39 is 0 Å². The zero-order chi connectivity index (χ0) is 19.8. The second kappa shape index (κ2) is 10.9. The number of guanidine groups is 1. The van der Waals surface area contributed by atoms with E-state index in [-0.39, 0.29) is 0 Å². The molecule has 2 fully saturated rings. The Morgan fingerprint density at radius 1 is 1.04 bits per heavy atom. The molecule has 156 valence electrons. The minimum Gasteiger partial charge on any atom is -0.368 e. The van der Waals surface area contributed by atoms with Crippen LogP contribution < -0.4 is 10.2 Å². The number of anilines is 1. The molecule has 0 atom stereocenters. The van der Waals surface area contributed by atoms with E-state index in [9.17, 15) is 0 Å². The average molecular weight is 407 g/mol. The van der Waals surface area contributed by atoms with Crippen LogP contribution in [0.15, 0.2) is 29.3 Å². The maximum atomic E-state index is 6.13. The van der Waals surface area contributed by atoms with E-state index in [1.807, 2.05) is 25.2 Å². The summed E-state index contributed by atoms with van der Waals surface area (Å²) in [6.07, 6.45) is 2.43. The van der Waals surface area contributed by atoms with Gasteiger partial charge in [0, 0.05) is 76.7 Å². The van der Waals surface area contributed by atoms with Gasteiger partial charge < -0.3 is 24.9 Å². The third-order valence-corrected chi connectivity index (χ3v) is 5.98. The second-order valence-electron chi connectivity index (χ2n) is 7.78. The van der Waals surface area contributed by atoms with Gasteiger partial charge in [0.1, 0.15) is 0 Å². The maximum absolute atomic E-state index is 6.13. The molecule has 2 heterocycles. The number of halogens is 1. The Bertz CT molecular complexity index is 621. The average Bonchev–Trinajstić information content (AvgIpc) is 2.72. The van der Waals surface area contributed by atoms with Crippen LogP contribution in [-0.2, 0) is 0 Å². The van der Waals surface area contributed by atoms with Crippen molar-refractivity contribution in [3.63, 3.8) is 0 Å². The molecule has 2 saturated heterocycles. The number of nitrogens with zero attached hydrogens (tertiary/aromatic N) is 5. The monoisotopic (exact) mass is 406 g/mol. The molecule has 0 unspecified atom stereocenters. The van der Waals surface area contributed by atoms with E-state index in [2.05, 4.69) is 43.0 Å². The Morgan fingerprint density at radius 3 is 2.46 bits per heavy atom. The van der Waals surface area contributed by atoms with Crippen molar-refractivity contribution in [2.45, 2.75) is 12.8 Å². The molecule has 0 aromatic heterocycles. The summed E-state index contributed by atoms with van der Waals surface area (Å²) >= 11 is 6.13. The molecular formula is C21H35ClN6. The van der Waals surface area contributed by atoms with Crippen molar-refractivity contribution >= 4 is 23.2 Å². The fraction of sp³-hybridized carbons (Fsp3) is 0.667. The molecule has 0 aliphatic carbocycles. The summed E-state index contributed by atoms with van der Waals surface area (Å²) in [6.45, 7) is 11.0. The molecule has 1 aromatic rings. The van der Waals surface area contributed by atoms with E-state index in [0.29, 0.717) is 0 Å². The number of benzene rings is 1. The van der Waals surface area contributed by atoms with E-state index >= 15 is 0 Å². The van der Waals surface area contributed by atoms with Gasteiger partial charge in [-0.15, -0.1) is 0 Å². The molecule has 3 rings (SSSR count). The third-order valence-electron chi connectivity index (χ3n) is 5.74. The molecular weight excluding hydrogens is 372 g/mol. The number of hydrogen-bond donors (Lipinski definition) is 1. The van der Waals surface area contributed by atoms with E-state index in [1.54, 1.807) is 0 Å².